The van der Waals surface area contributed by atoms with Gasteiger partial charge in [-0.1, -0.05) is 29.8 Å². The summed E-state index contributed by atoms with van der Waals surface area (Å²) in [6.07, 6.45) is -1.85. The number of benzene rings is 2. The Bertz CT molecular complexity index is 1240. The van der Waals surface area contributed by atoms with E-state index in [9.17, 15) is 23.2 Å². The van der Waals surface area contributed by atoms with E-state index in [-0.39, 0.29) is 49.1 Å². The van der Waals surface area contributed by atoms with Crippen LogP contribution in [0, 0.1) is 11.7 Å². The largest absolute Gasteiger partial charge is 0.484 e. The highest BCUT2D eigenvalue weighted by Crippen LogP contribution is 2.41. The number of hydrogen-bond acceptors (Lipinski definition) is 5. The number of alkyl halides is 1. The number of nitrogens with zero attached hydrogens (tertiary/aromatic N) is 1. The van der Waals surface area contributed by atoms with Crippen molar-refractivity contribution in [1.29, 1.82) is 0 Å². The molecule has 2 aromatic rings. The third kappa shape index (κ3) is 6.69. The number of carbonyl (C=O) groups is 3. The molecule has 0 radical (unpaired) electrons. The highest BCUT2D eigenvalue weighted by molar-refractivity contribution is 6.31. The summed E-state index contributed by atoms with van der Waals surface area (Å²) in [5.41, 5.74) is 0.709. The number of ether oxygens (including phenoxy) is 2. The molecular weight excluding hydrogens is 531 g/mol. The summed E-state index contributed by atoms with van der Waals surface area (Å²) >= 11 is 11.7. The lowest BCUT2D eigenvalue weighted by Crippen LogP contribution is -2.51. The molecule has 1 saturated carbocycles. The van der Waals surface area contributed by atoms with Crippen LogP contribution in [-0.2, 0) is 14.4 Å². The van der Waals surface area contributed by atoms with Gasteiger partial charge in [0.05, 0.1) is 23.2 Å². The van der Waals surface area contributed by atoms with E-state index in [1.807, 2.05) is 0 Å². The predicted molar refractivity (Wildman–Crippen MR) is 133 cm³/mol. The fourth-order valence-electron chi connectivity index (χ4n) is 3.68. The molecule has 0 aromatic heterocycles. The van der Waals surface area contributed by atoms with Crippen molar-refractivity contribution in [3.8, 4) is 11.5 Å². The van der Waals surface area contributed by atoms with E-state index in [1.165, 1.54) is 17.0 Å². The van der Waals surface area contributed by atoms with Crippen LogP contribution in [0.4, 0.5) is 14.5 Å². The minimum Gasteiger partial charge on any atom is -0.484 e. The quantitative estimate of drug-likeness (QED) is 0.492. The molecule has 3 atom stereocenters. The van der Waals surface area contributed by atoms with Gasteiger partial charge in [0.15, 0.2) is 12.7 Å². The first-order valence-corrected chi connectivity index (χ1v) is 12.1. The van der Waals surface area contributed by atoms with E-state index in [2.05, 4.69) is 17.2 Å². The van der Waals surface area contributed by atoms with Gasteiger partial charge in [0.25, 0.3) is 11.8 Å². The smallest absolute Gasteiger partial charge is 0.262 e. The molecular formula is C25H23Cl2F2N3O5. The molecule has 2 aromatic carbocycles. The maximum atomic E-state index is 13.5. The molecule has 0 spiro atoms. The van der Waals surface area contributed by atoms with Crippen LogP contribution in [0.2, 0.25) is 10.0 Å². The Morgan fingerprint density at radius 2 is 1.95 bits per heavy atom. The molecule has 3 unspecified atom stereocenters. The molecule has 1 aliphatic carbocycles. The first-order chi connectivity index (χ1) is 17.6. The Morgan fingerprint density at radius 3 is 2.65 bits per heavy atom. The molecule has 1 fully saturated rings. The van der Waals surface area contributed by atoms with Crippen molar-refractivity contribution >= 4 is 46.6 Å². The summed E-state index contributed by atoms with van der Waals surface area (Å²) in [6, 6.07) is 8.47. The highest BCUT2D eigenvalue weighted by atomic mass is 35.5. The van der Waals surface area contributed by atoms with Gasteiger partial charge < -0.3 is 25.0 Å². The summed E-state index contributed by atoms with van der Waals surface area (Å²) in [4.78, 5) is 38.9. The first-order valence-electron chi connectivity index (χ1n) is 11.4. The lowest BCUT2D eigenvalue weighted by atomic mass is 10.1. The van der Waals surface area contributed by atoms with Gasteiger partial charge in [0, 0.05) is 29.8 Å². The third-order valence-electron chi connectivity index (χ3n) is 5.72. The van der Waals surface area contributed by atoms with Crippen LogP contribution >= 0.6 is 23.2 Å². The van der Waals surface area contributed by atoms with Crippen molar-refractivity contribution in [3.05, 3.63) is 64.5 Å². The number of fused-ring (bicyclic) bond motifs is 1. The van der Waals surface area contributed by atoms with Crippen molar-refractivity contribution in [2.45, 2.75) is 25.1 Å². The molecule has 0 bridgehead atoms. The molecule has 2 aliphatic rings. The topological polar surface area (TPSA) is 97.0 Å². The van der Waals surface area contributed by atoms with Crippen molar-refractivity contribution < 1.29 is 32.6 Å². The van der Waals surface area contributed by atoms with E-state index >= 15 is 0 Å². The van der Waals surface area contributed by atoms with E-state index in [0.717, 1.165) is 6.07 Å². The van der Waals surface area contributed by atoms with Crippen LogP contribution in [0.5, 0.6) is 11.5 Å². The van der Waals surface area contributed by atoms with Crippen molar-refractivity contribution in [1.82, 2.24) is 10.6 Å². The van der Waals surface area contributed by atoms with Gasteiger partial charge in [0.1, 0.15) is 23.5 Å². The fourth-order valence-corrected chi connectivity index (χ4v) is 3.97. The van der Waals surface area contributed by atoms with Crippen LogP contribution in [0.1, 0.15) is 12.8 Å². The molecule has 4 rings (SSSR count). The van der Waals surface area contributed by atoms with Crippen LogP contribution < -0.4 is 25.0 Å². The summed E-state index contributed by atoms with van der Waals surface area (Å²) in [5, 5.41) is 5.53. The Balaban J connectivity index is 1.25. The summed E-state index contributed by atoms with van der Waals surface area (Å²) in [6.45, 7) is 3.39. The predicted octanol–water partition coefficient (Wildman–Crippen LogP) is 3.80. The number of anilines is 1. The lowest BCUT2D eigenvalue weighted by Gasteiger charge is -2.34. The lowest BCUT2D eigenvalue weighted by molar-refractivity contribution is -0.128. The minimum atomic E-state index is -1.19. The monoisotopic (exact) mass is 553 g/mol. The number of amides is 3. The molecule has 1 heterocycles. The van der Waals surface area contributed by atoms with E-state index in [0.29, 0.717) is 16.4 Å². The average molecular weight is 554 g/mol. The Morgan fingerprint density at radius 1 is 1.19 bits per heavy atom. The zero-order chi connectivity index (χ0) is 26.7. The third-order valence-corrected chi connectivity index (χ3v) is 6.26. The average Bonchev–Trinajstić information content (AvgIpc) is 3.60. The van der Waals surface area contributed by atoms with E-state index in [1.54, 1.807) is 18.2 Å². The Labute approximate surface area is 221 Å². The van der Waals surface area contributed by atoms with Crippen molar-refractivity contribution in [2.75, 3.05) is 24.6 Å². The molecule has 1 aliphatic heterocycles. The maximum absolute atomic E-state index is 13.5. The Hall–Kier alpha value is -3.37. The van der Waals surface area contributed by atoms with Crippen molar-refractivity contribution in [2.24, 2.45) is 5.92 Å². The van der Waals surface area contributed by atoms with Crippen LogP contribution in [0.15, 0.2) is 48.7 Å². The summed E-state index contributed by atoms with van der Waals surface area (Å²) in [5.74, 6) is -2.39. The van der Waals surface area contributed by atoms with Gasteiger partial charge in [-0.3, -0.25) is 14.4 Å². The van der Waals surface area contributed by atoms with Gasteiger partial charge in [-0.15, -0.1) is 0 Å². The number of nitrogens with one attached hydrogen (secondary N) is 2. The van der Waals surface area contributed by atoms with Crippen LogP contribution in [0.3, 0.4) is 0 Å². The molecule has 3 amide bonds. The number of rotatable bonds is 9. The minimum absolute atomic E-state index is 0.0601. The molecule has 37 heavy (non-hydrogen) atoms. The second-order valence-electron chi connectivity index (χ2n) is 8.58. The van der Waals surface area contributed by atoms with Gasteiger partial charge in [-0.2, -0.15) is 0 Å². The molecule has 2 N–H and O–H groups in total. The molecule has 196 valence electrons. The summed E-state index contributed by atoms with van der Waals surface area (Å²) < 4.78 is 38.0. The number of carbonyl (C=O) groups excluding carboxylic acids is 3. The van der Waals surface area contributed by atoms with E-state index in [4.69, 9.17) is 32.7 Å². The first kappa shape index (κ1) is 26.7. The normalized spacial score (nSPS) is 19.8. The molecule has 0 saturated heterocycles. The van der Waals surface area contributed by atoms with Crippen LogP contribution in [-0.4, -0.2) is 49.7 Å². The zero-order valence-electron chi connectivity index (χ0n) is 19.4. The van der Waals surface area contributed by atoms with Gasteiger partial charge in [-0.05, 0) is 36.8 Å². The highest BCUT2D eigenvalue weighted by Gasteiger charge is 2.48. The number of hydrogen-bond donors (Lipinski definition) is 2. The molecule has 8 nitrogen and oxygen atoms in total. The molecule has 12 heteroatoms. The second-order valence-corrected chi connectivity index (χ2v) is 9.43. The summed E-state index contributed by atoms with van der Waals surface area (Å²) in [7, 11) is 0. The number of halogens is 4. The van der Waals surface area contributed by atoms with Crippen LogP contribution in [0.25, 0.3) is 0 Å². The zero-order valence-corrected chi connectivity index (χ0v) is 21.0. The Kier molecular flexibility index (Phi) is 8.19. The SMILES string of the molecule is C=C(CCNC(=O)C1CN(C(=O)C2CC2F)c2cc(Cl)ccc2O1)NC(=O)COc1ccc(Cl)c(F)c1. The van der Waals surface area contributed by atoms with Gasteiger partial charge >= 0.3 is 0 Å². The van der Waals surface area contributed by atoms with Gasteiger partial charge in [-0.25, -0.2) is 8.78 Å². The van der Waals surface area contributed by atoms with Gasteiger partial charge in [0.2, 0.25) is 5.91 Å². The standard InChI is InChI=1S/C25H23Cl2F2N3O5/c1-13(31-23(33)12-36-15-3-4-17(27)19(29)9-15)6-7-30-24(34)22-11-32(25(35)16-10-18(16)28)20-8-14(26)2-5-21(20)37-22/h2-5,8-9,16,18,22H,1,6-7,10-12H2,(H,30,34)(H,31,33). The maximum Gasteiger partial charge on any atom is 0.262 e. The second kappa shape index (κ2) is 11.4. The van der Waals surface area contributed by atoms with E-state index < -0.39 is 41.7 Å². The van der Waals surface area contributed by atoms with Crippen molar-refractivity contribution in [3.63, 3.8) is 0 Å². The fraction of sp³-hybridized carbons (Fsp3) is 0.320.